The summed E-state index contributed by atoms with van der Waals surface area (Å²) in [5, 5.41) is 12.1. The van der Waals surface area contributed by atoms with Crippen molar-refractivity contribution in [3.8, 4) is 0 Å². The number of anilines is 2. The van der Waals surface area contributed by atoms with E-state index in [2.05, 4.69) is 65.4 Å². The Morgan fingerprint density at radius 2 is 1.56 bits per heavy atom. The number of amides is 1. The van der Waals surface area contributed by atoms with Crippen molar-refractivity contribution in [1.82, 2.24) is 25.3 Å². The molecule has 1 amide bonds. The van der Waals surface area contributed by atoms with Crippen molar-refractivity contribution in [3.05, 3.63) is 48.0 Å². The van der Waals surface area contributed by atoms with Gasteiger partial charge in [-0.1, -0.05) is 30.3 Å². The van der Waals surface area contributed by atoms with Gasteiger partial charge in [-0.05, 0) is 30.5 Å². The first-order valence-electron chi connectivity index (χ1n) is 13.4. The molecule has 3 aliphatic rings. The summed E-state index contributed by atoms with van der Waals surface area (Å²) >= 11 is 0. The molecular formula is C27H39N7O2. The molecule has 1 aromatic carbocycles. The molecule has 9 heteroatoms. The highest BCUT2D eigenvalue weighted by Crippen LogP contribution is 2.23. The number of hydrogen-bond acceptors (Lipinski definition) is 8. The minimum Gasteiger partial charge on any atom is -0.378 e. The highest BCUT2D eigenvalue weighted by molar-refractivity contribution is 5.79. The molecule has 0 aliphatic carbocycles. The lowest BCUT2D eigenvalue weighted by Crippen LogP contribution is -2.49. The van der Waals surface area contributed by atoms with E-state index in [0.717, 1.165) is 96.6 Å². The predicted octanol–water partition coefficient (Wildman–Crippen LogP) is 1.46. The molecule has 2 aromatic rings. The van der Waals surface area contributed by atoms with E-state index < -0.39 is 0 Å². The van der Waals surface area contributed by atoms with Crippen molar-refractivity contribution in [2.24, 2.45) is 5.92 Å². The van der Waals surface area contributed by atoms with Crippen LogP contribution in [0.2, 0.25) is 0 Å². The number of piperazine rings is 1. The monoisotopic (exact) mass is 493 g/mol. The lowest BCUT2D eigenvalue weighted by atomic mass is 9.97. The van der Waals surface area contributed by atoms with Crippen LogP contribution in [0.4, 0.5) is 11.6 Å². The van der Waals surface area contributed by atoms with Gasteiger partial charge >= 0.3 is 0 Å². The molecule has 0 radical (unpaired) electrons. The number of carbonyl (C=O) groups is 1. The highest BCUT2D eigenvalue weighted by atomic mass is 16.5. The second-order valence-corrected chi connectivity index (χ2v) is 10.0. The van der Waals surface area contributed by atoms with E-state index in [4.69, 9.17) is 4.74 Å². The van der Waals surface area contributed by atoms with Crippen LogP contribution < -0.4 is 15.1 Å². The van der Waals surface area contributed by atoms with Gasteiger partial charge in [-0.2, -0.15) is 0 Å². The van der Waals surface area contributed by atoms with Crippen molar-refractivity contribution in [2.75, 3.05) is 88.5 Å². The maximum Gasteiger partial charge on any atom is 0.224 e. The number of carbonyl (C=O) groups excluding carboxylic acids is 1. The number of nitrogens with one attached hydrogen (secondary N) is 1. The second-order valence-electron chi connectivity index (χ2n) is 10.0. The van der Waals surface area contributed by atoms with E-state index in [9.17, 15) is 4.79 Å². The average molecular weight is 494 g/mol. The molecule has 9 nitrogen and oxygen atoms in total. The SMILES string of the molecule is O=C(NCCN1CCN(Cc2ccccc2)CC1)[C@H]1CCCN(c2ccc(N3CCOCC3)nn2)C1. The molecule has 3 aliphatic heterocycles. The van der Waals surface area contributed by atoms with E-state index in [-0.39, 0.29) is 11.8 Å². The first-order chi connectivity index (χ1) is 17.7. The molecule has 0 spiro atoms. The van der Waals surface area contributed by atoms with Gasteiger partial charge < -0.3 is 19.9 Å². The maximum absolute atomic E-state index is 12.9. The maximum atomic E-state index is 12.9. The molecule has 194 valence electrons. The Morgan fingerprint density at radius 1 is 0.861 bits per heavy atom. The quantitative estimate of drug-likeness (QED) is 0.593. The van der Waals surface area contributed by atoms with Crippen molar-refractivity contribution >= 4 is 17.5 Å². The van der Waals surface area contributed by atoms with Gasteiger partial charge in [0.15, 0.2) is 11.6 Å². The van der Waals surface area contributed by atoms with Crippen LogP contribution in [0.25, 0.3) is 0 Å². The highest BCUT2D eigenvalue weighted by Gasteiger charge is 2.27. The zero-order chi connectivity index (χ0) is 24.6. The Bertz CT molecular complexity index is 944. The Hall–Kier alpha value is -2.75. The summed E-state index contributed by atoms with van der Waals surface area (Å²) < 4.78 is 5.42. The van der Waals surface area contributed by atoms with Crippen molar-refractivity contribution in [3.63, 3.8) is 0 Å². The molecule has 36 heavy (non-hydrogen) atoms. The smallest absolute Gasteiger partial charge is 0.224 e. The number of benzene rings is 1. The van der Waals surface area contributed by atoms with Gasteiger partial charge in [0.1, 0.15) is 0 Å². The molecule has 3 fully saturated rings. The van der Waals surface area contributed by atoms with Crippen LogP contribution in [0, 0.1) is 5.92 Å². The number of piperidine rings is 1. The summed E-state index contributed by atoms with van der Waals surface area (Å²) in [6.45, 7) is 11.7. The van der Waals surface area contributed by atoms with Gasteiger partial charge in [0.05, 0.1) is 19.1 Å². The predicted molar refractivity (Wildman–Crippen MR) is 141 cm³/mol. The first kappa shape index (κ1) is 24.9. The summed E-state index contributed by atoms with van der Waals surface area (Å²) in [6, 6.07) is 14.7. The van der Waals surface area contributed by atoms with E-state index in [0.29, 0.717) is 13.1 Å². The second kappa shape index (κ2) is 12.5. The standard InChI is InChI=1S/C27H39N7O2/c35-27(28-10-12-31-13-15-32(16-14-31)21-23-5-2-1-3-6-23)24-7-4-11-34(22-24)26-9-8-25(29-30-26)33-17-19-36-20-18-33/h1-3,5-6,8-9,24H,4,7,10-22H2,(H,28,35)/t24-/m0/s1. The van der Waals surface area contributed by atoms with Gasteiger partial charge in [0.2, 0.25) is 5.91 Å². The lowest BCUT2D eigenvalue weighted by molar-refractivity contribution is -0.125. The van der Waals surface area contributed by atoms with Crippen LogP contribution in [0.5, 0.6) is 0 Å². The van der Waals surface area contributed by atoms with Crippen LogP contribution in [0.15, 0.2) is 42.5 Å². The fourth-order valence-electron chi connectivity index (χ4n) is 5.34. The molecule has 1 atom stereocenters. The summed E-state index contributed by atoms with van der Waals surface area (Å²) in [7, 11) is 0. The lowest BCUT2D eigenvalue weighted by Gasteiger charge is -2.35. The molecule has 0 saturated carbocycles. The fraction of sp³-hybridized carbons (Fsp3) is 0.593. The number of ether oxygens (including phenoxy) is 1. The average Bonchev–Trinajstić information content (AvgIpc) is 2.95. The molecule has 4 heterocycles. The minimum absolute atomic E-state index is 0.00203. The van der Waals surface area contributed by atoms with E-state index in [1.807, 2.05) is 12.1 Å². The van der Waals surface area contributed by atoms with Crippen LogP contribution in [0.1, 0.15) is 18.4 Å². The van der Waals surface area contributed by atoms with Crippen LogP contribution in [0.3, 0.4) is 0 Å². The molecule has 5 rings (SSSR count). The first-order valence-corrected chi connectivity index (χ1v) is 13.4. The van der Waals surface area contributed by atoms with Gasteiger partial charge in [0.25, 0.3) is 0 Å². The third-order valence-corrected chi connectivity index (χ3v) is 7.53. The van der Waals surface area contributed by atoms with E-state index >= 15 is 0 Å². The molecule has 1 N–H and O–H groups in total. The normalized spacial score (nSPS) is 21.9. The summed E-state index contributed by atoms with van der Waals surface area (Å²) in [5.41, 5.74) is 1.37. The topological polar surface area (TPSA) is 77.1 Å². The Balaban J connectivity index is 1.02. The Kier molecular flexibility index (Phi) is 8.63. The number of morpholine rings is 1. The Labute approximate surface area is 214 Å². The van der Waals surface area contributed by atoms with E-state index in [1.54, 1.807) is 0 Å². The largest absolute Gasteiger partial charge is 0.378 e. The summed E-state index contributed by atoms with van der Waals surface area (Å²) in [5.74, 6) is 1.93. The van der Waals surface area contributed by atoms with Gasteiger partial charge in [-0.3, -0.25) is 14.6 Å². The van der Waals surface area contributed by atoms with Gasteiger partial charge in [-0.15, -0.1) is 10.2 Å². The number of aromatic nitrogens is 2. The third kappa shape index (κ3) is 6.72. The minimum atomic E-state index is 0.00203. The van der Waals surface area contributed by atoms with Gasteiger partial charge in [-0.25, -0.2) is 0 Å². The van der Waals surface area contributed by atoms with Crippen LogP contribution >= 0.6 is 0 Å². The number of hydrogen-bond donors (Lipinski definition) is 1. The van der Waals surface area contributed by atoms with Crippen molar-refractivity contribution < 1.29 is 9.53 Å². The molecular weight excluding hydrogens is 454 g/mol. The molecule has 1 aromatic heterocycles. The zero-order valence-electron chi connectivity index (χ0n) is 21.2. The third-order valence-electron chi connectivity index (χ3n) is 7.53. The fourth-order valence-corrected chi connectivity index (χ4v) is 5.34. The molecule has 3 saturated heterocycles. The zero-order valence-corrected chi connectivity index (χ0v) is 21.2. The summed E-state index contributed by atoms with van der Waals surface area (Å²) in [4.78, 5) is 22.3. The number of nitrogens with zero attached hydrogens (tertiary/aromatic N) is 6. The van der Waals surface area contributed by atoms with E-state index in [1.165, 1.54) is 5.56 Å². The van der Waals surface area contributed by atoms with Crippen molar-refractivity contribution in [2.45, 2.75) is 19.4 Å². The Morgan fingerprint density at radius 3 is 2.28 bits per heavy atom. The van der Waals surface area contributed by atoms with Crippen molar-refractivity contribution in [1.29, 1.82) is 0 Å². The number of rotatable bonds is 8. The van der Waals surface area contributed by atoms with Crippen LogP contribution in [-0.2, 0) is 16.1 Å². The summed E-state index contributed by atoms with van der Waals surface area (Å²) in [6.07, 6.45) is 1.92. The van der Waals surface area contributed by atoms with Crippen LogP contribution in [-0.4, -0.2) is 105 Å². The van der Waals surface area contributed by atoms with Gasteiger partial charge in [0, 0.05) is 72.0 Å². The molecule has 0 unspecified atom stereocenters. The molecule has 0 bridgehead atoms.